The van der Waals surface area contributed by atoms with E-state index in [1.807, 2.05) is 52.1 Å². The molecule has 8 heteroatoms. The summed E-state index contributed by atoms with van der Waals surface area (Å²) in [4.78, 5) is 12.5. The zero-order chi connectivity index (χ0) is 19.3. The Morgan fingerprint density at radius 2 is 1.62 bits per heavy atom. The van der Waals surface area contributed by atoms with Crippen LogP contribution in [0.4, 0.5) is 4.79 Å². The molecular weight excluding hydrogens is 356 g/mol. The van der Waals surface area contributed by atoms with E-state index in [0.717, 1.165) is 10.6 Å². The molecule has 1 rings (SSSR count). The van der Waals surface area contributed by atoms with Crippen LogP contribution in [0.3, 0.4) is 0 Å². The van der Waals surface area contributed by atoms with Crippen LogP contribution in [-0.2, 0) is 14.2 Å². The van der Waals surface area contributed by atoms with E-state index in [4.69, 9.17) is 18.9 Å². The van der Waals surface area contributed by atoms with Gasteiger partial charge >= 0.3 is 6.09 Å². The molecule has 2 N–H and O–H groups in total. The Labute approximate surface area is 160 Å². The second kappa shape index (κ2) is 12.8. The molecular formula is C18H30N2O5S. The number of alkyl carbamates (subject to hydrolysis) is 1. The Kier molecular flexibility index (Phi) is 11.1. The van der Waals surface area contributed by atoms with Crippen molar-refractivity contribution in [2.45, 2.75) is 31.3 Å². The van der Waals surface area contributed by atoms with E-state index in [0.29, 0.717) is 39.6 Å². The number of ether oxygens (including phenoxy) is 4. The Hall–Kier alpha value is -1.48. The molecule has 0 fully saturated rings. The predicted octanol–water partition coefficient (Wildman–Crippen LogP) is 2.85. The van der Waals surface area contributed by atoms with Crippen molar-refractivity contribution in [1.82, 2.24) is 10.0 Å². The van der Waals surface area contributed by atoms with Crippen LogP contribution in [0.25, 0.3) is 0 Å². The normalized spacial score (nSPS) is 11.2. The van der Waals surface area contributed by atoms with E-state index >= 15 is 0 Å². The van der Waals surface area contributed by atoms with Crippen molar-refractivity contribution in [2.75, 3.05) is 46.6 Å². The standard InChI is InChI=1S/C18H30N2O5S/c1-18(2,3)25-17(21)20-9-10-22-11-12-23-13-14-24-15-5-7-16(8-6-15)26-19-4/h5-8,19H,9-14H2,1-4H3,(H,20,21). The molecule has 0 saturated carbocycles. The molecule has 1 aromatic carbocycles. The Morgan fingerprint density at radius 3 is 2.23 bits per heavy atom. The molecule has 0 heterocycles. The summed E-state index contributed by atoms with van der Waals surface area (Å²) >= 11 is 1.56. The van der Waals surface area contributed by atoms with Crippen LogP contribution in [0.15, 0.2) is 29.2 Å². The van der Waals surface area contributed by atoms with Gasteiger partial charge in [0, 0.05) is 11.4 Å². The highest BCUT2D eigenvalue weighted by Gasteiger charge is 2.15. The number of carbonyl (C=O) groups is 1. The van der Waals surface area contributed by atoms with E-state index in [2.05, 4.69) is 10.0 Å². The SMILES string of the molecule is CNSc1ccc(OCCOCCOCCNC(=O)OC(C)(C)C)cc1. The Balaban J connectivity index is 1.92. The van der Waals surface area contributed by atoms with Gasteiger partial charge < -0.3 is 24.3 Å². The zero-order valence-corrected chi connectivity index (χ0v) is 16.8. The second-order valence-electron chi connectivity index (χ2n) is 6.28. The van der Waals surface area contributed by atoms with Gasteiger partial charge in [-0.1, -0.05) is 0 Å². The minimum atomic E-state index is -0.491. The molecule has 1 aromatic rings. The molecule has 0 aliphatic rings. The second-order valence-corrected chi connectivity index (χ2v) is 7.36. The molecule has 0 bridgehead atoms. The van der Waals surface area contributed by atoms with Crippen molar-refractivity contribution in [2.24, 2.45) is 0 Å². The van der Waals surface area contributed by atoms with Gasteiger partial charge in [-0.05, 0) is 64.0 Å². The first kappa shape index (κ1) is 22.6. The molecule has 0 radical (unpaired) electrons. The molecule has 0 aromatic heterocycles. The van der Waals surface area contributed by atoms with Crippen LogP contribution in [0.1, 0.15) is 20.8 Å². The number of hydrogen-bond donors (Lipinski definition) is 2. The van der Waals surface area contributed by atoms with E-state index < -0.39 is 11.7 Å². The lowest BCUT2D eigenvalue weighted by molar-refractivity contribution is 0.0327. The fourth-order valence-electron chi connectivity index (χ4n) is 1.80. The first-order valence-electron chi connectivity index (χ1n) is 8.59. The monoisotopic (exact) mass is 386 g/mol. The maximum absolute atomic E-state index is 11.4. The van der Waals surface area contributed by atoms with Gasteiger partial charge in [0.15, 0.2) is 0 Å². The Morgan fingerprint density at radius 1 is 1.00 bits per heavy atom. The fourth-order valence-corrected chi connectivity index (χ4v) is 2.31. The van der Waals surface area contributed by atoms with Gasteiger partial charge in [-0.3, -0.25) is 4.72 Å². The van der Waals surface area contributed by atoms with Gasteiger partial charge in [0.1, 0.15) is 18.0 Å². The minimum Gasteiger partial charge on any atom is -0.491 e. The Bertz CT molecular complexity index is 505. The van der Waals surface area contributed by atoms with Crippen LogP contribution in [0.5, 0.6) is 5.75 Å². The lowest BCUT2D eigenvalue weighted by atomic mass is 10.2. The maximum Gasteiger partial charge on any atom is 0.407 e. The van der Waals surface area contributed by atoms with Crippen molar-refractivity contribution in [3.8, 4) is 5.75 Å². The van der Waals surface area contributed by atoms with Gasteiger partial charge in [-0.15, -0.1) is 0 Å². The van der Waals surface area contributed by atoms with Crippen molar-refractivity contribution < 1.29 is 23.7 Å². The molecule has 0 atom stereocenters. The van der Waals surface area contributed by atoms with E-state index in [1.165, 1.54) is 0 Å². The highest BCUT2D eigenvalue weighted by atomic mass is 32.2. The van der Waals surface area contributed by atoms with Crippen LogP contribution in [0.2, 0.25) is 0 Å². The molecule has 0 aliphatic carbocycles. The lowest BCUT2D eigenvalue weighted by Gasteiger charge is -2.19. The average molecular weight is 387 g/mol. The molecule has 1 amide bonds. The first-order chi connectivity index (χ1) is 12.4. The molecule has 0 spiro atoms. The highest BCUT2D eigenvalue weighted by molar-refractivity contribution is 7.97. The van der Waals surface area contributed by atoms with Gasteiger partial charge in [0.25, 0.3) is 0 Å². The van der Waals surface area contributed by atoms with E-state index in [-0.39, 0.29) is 0 Å². The van der Waals surface area contributed by atoms with Gasteiger partial charge in [0.2, 0.25) is 0 Å². The lowest BCUT2D eigenvalue weighted by Crippen LogP contribution is -2.34. The summed E-state index contributed by atoms with van der Waals surface area (Å²) in [5.74, 6) is 0.818. The van der Waals surface area contributed by atoms with Crippen molar-refractivity contribution in [1.29, 1.82) is 0 Å². The van der Waals surface area contributed by atoms with Crippen molar-refractivity contribution in [3.05, 3.63) is 24.3 Å². The molecule has 148 valence electrons. The van der Waals surface area contributed by atoms with Crippen LogP contribution in [0, 0.1) is 0 Å². The highest BCUT2D eigenvalue weighted by Crippen LogP contribution is 2.18. The summed E-state index contributed by atoms with van der Waals surface area (Å²) in [6, 6.07) is 7.86. The quantitative estimate of drug-likeness (QED) is 0.422. The summed E-state index contributed by atoms with van der Waals surface area (Å²) in [6.45, 7) is 8.20. The van der Waals surface area contributed by atoms with Crippen LogP contribution >= 0.6 is 11.9 Å². The molecule has 0 unspecified atom stereocenters. The van der Waals surface area contributed by atoms with Crippen molar-refractivity contribution in [3.63, 3.8) is 0 Å². The van der Waals surface area contributed by atoms with Gasteiger partial charge in [0.05, 0.1) is 26.4 Å². The smallest absolute Gasteiger partial charge is 0.407 e. The van der Waals surface area contributed by atoms with Crippen LogP contribution in [-0.4, -0.2) is 58.3 Å². The first-order valence-corrected chi connectivity index (χ1v) is 9.41. The third-order valence-electron chi connectivity index (χ3n) is 2.83. The maximum atomic E-state index is 11.4. The van der Waals surface area contributed by atoms with Gasteiger partial charge in [-0.2, -0.15) is 0 Å². The van der Waals surface area contributed by atoms with Crippen LogP contribution < -0.4 is 14.8 Å². The summed E-state index contributed by atoms with van der Waals surface area (Å²) in [7, 11) is 1.88. The summed E-state index contributed by atoms with van der Waals surface area (Å²) in [5, 5.41) is 2.63. The topological polar surface area (TPSA) is 78.0 Å². The zero-order valence-electron chi connectivity index (χ0n) is 16.0. The number of carbonyl (C=O) groups excluding carboxylic acids is 1. The number of benzene rings is 1. The van der Waals surface area contributed by atoms with E-state index in [1.54, 1.807) is 11.9 Å². The number of rotatable bonds is 12. The average Bonchev–Trinajstić information content (AvgIpc) is 2.56. The largest absolute Gasteiger partial charge is 0.491 e. The molecule has 0 saturated heterocycles. The number of nitrogens with one attached hydrogen (secondary N) is 2. The minimum absolute atomic E-state index is 0.403. The summed E-state index contributed by atoms with van der Waals surface area (Å²) in [5.41, 5.74) is -0.491. The molecule has 26 heavy (non-hydrogen) atoms. The van der Waals surface area contributed by atoms with Gasteiger partial charge in [-0.25, -0.2) is 4.79 Å². The molecule has 7 nitrogen and oxygen atoms in total. The summed E-state index contributed by atoms with van der Waals surface area (Å²) in [6.07, 6.45) is -0.438. The number of hydrogen-bond acceptors (Lipinski definition) is 7. The number of amides is 1. The summed E-state index contributed by atoms with van der Waals surface area (Å²) < 4.78 is 24.5. The molecule has 0 aliphatic heterocycles. The van der Waals surface area contributed by atoms with Crippen molar-refractivity contribution >= 4 is 18.0 Å². The van der Waals surface area contributed by atoms with E-state index in [9.17, 15) is 4.79 Å². The predicted molar refractivity (Wildman–Crippen MR) is 103 cm³/mol. The fraction of sp³-hybridized carbons (Fsp3) is 0.611. The third-order valence-corrected chi connectivity index (χ3v) is 3.54. The third kappa shape index (κ3) is 12.0.